The molecule has 3 aromatic rings. The van der Waals surface area contributed by atoms with E-state index >= 15 is 0 Å². The van der Waals surface area contributed by atoms with Gasteiger partial charge in [-0.15, -0.1) is 5.10 Å². The molecule has 1 fully saturated rings. The molecule has 2 aliphatic heterocycles. The Morgan fingerprint density at radius 2 is 1.97 bits per heavy atom. The Balaban J connectivity index is 1.41. The molecule has 1 aromatic heterocycles. The Hall–Kier alpha value is -4.65. The second kappa shape index (κ2) is 8.04. The summed E-state index contributed by atoms with van der Waals surface area (Å²) in [6, 6.07) is 12.2. The number of hydrogen-bond acceptors (Lipinski definition) is 8. The Bertz CT molecular complexity index is 1380. The van der Waals surface area contributed by atoms with Gasteiger partial charge in [0, 0.05) is 29.8 Å². The van der Waals surface area contributed by atoms with E-state index < -0.39 is 17.2 Å². The number of rotatable bonds is 4. The second-order valence-corrected chi connectivity index (χ2v) is 8.09. The topological polar surface area (TPSA) is 141 Å². The second-order valence-electron chi connectivity index (χ2n) is 8.09. The van der Waals surface area contributed by atoms with Gasteiger partial charge in [-0.05, 0) is 42.0 Å². The molecule has 10 heteroatoms. The Morgan fingerprint density at radius 3 is 2.62 bits per heavy atom. The summed E-state index contributed by atoms with van der Waals surface area (Å²) in [5.41, 5.74) is 6.73. The van der Waals surface area contributed by atoms with E-state index in [1.807, 2.05) is 6.07 Å². The molecule has 0 radical (unpaired) electrons. The van der Waals surface area contributed by atoms with Gasteiger partial charge in [0.2, 0.25) is 17.7 Å². The highest BCUT2D eigenvalue weighted by Gasteiger charge is 2.48. The maximum Gasteiger partial charge on any atom is 0.313 e. The van der Waals surface area contributed by atoms with Crippen LogP contribution in [0.5, 0.6) is 5.75 Å². The molecule has 170 valence electrons. The third-order valence-electron chi connectivity index (χ3n) is 5.83. The molecule has 0 saturated carbocycles. The van der Waals surface area contributed by atoms with Gasteiger partial charge in [-0.25, -0.2) is 0 Å². The van der Waals surface area contributed by atoms with Crippen LogP contribution in [-0.4, -0.2) is 46.5 Å². The first kappa shape index (κ1) is 21.2. The number of fused-ring (bicyclic) bond motifs is 1. The normalized spacial score (nSPS) is 19.0. The van der Waals surface area contributed by atoms with Crippen LogP contribution in [0.4, 0.5) is 6.01 Å². The molecule has 0 bridgehead atoms. The zero-order valence-electron chi connectivity index (χ0n) is 18.1. The van der Waals surface area contributed by atoms with Crippen LogP contribution < -0.4 is 15.8 Å². The van der Waals surface area contributed by atoms with Crippen LogP contribution in [0.3, 0.4) is 0 Å². The first-order valence-corrected chi connectivity index (χ1v) is 10.4. The van der Waals surface area contributed by atoms with Gasteiger partial charge >= 0.3 is 6.01 Å². The van der Waals surface area contributed by atoms with Gasteiger partial charge < -0.3 is 19.8 Å². The Labute approximate surface area is 194 Å². The van der Waals surface area contributed by atoms with Crippen molar-refractivity contribution in [1.29, 1.82) is 0 Å². The summed E-state index contributed by atoms with van der Waals surface area (Å²) < 4.78 is 10.4. The van der Waals surface area contributed by atoms with Crippen molar-refractivity contribution in [3.05, 3.63) is 59.2 Å². The average molecular weight is 457 g/mol. The molecule has 1 saturated heterocycles. The summed E-state index contributed by atoms with van der Waals surface area (Å²) in [5, 5.41) is 9.79. The van der Waals surface area contributed by atoms with Gasteiger partial charge in [-0.3, -0.25) is 19.7 Å². The van der Waals surface area contributed by atoms with Crippen LogP contribution in [0.1, 0.15) is 27.9 Å². The number of amides is 3. The molecule has 3 N–H and O–H groups in total. The van der Waals surface area contributed by atoms with Gasteiger partial charge in [0.05, 0.1) is 13.5 Å². The highest BCUT2D eigenvalue weighted by atomic mass is 16.5. The first-order valence-electron chi connectivity index (χ1n) is 10.4. The van der Waals surface area contributed by atoms with E-state index in [4.69, 9.17) is 14.9 Å². The van der Waals surface area contributed by atoms with E-state index in [1.54, 1.807) is 41.3 Å². The van der Waals surface area contributed by atoms with Crippen LogP contribution in [0.15, 0.2) is 46.9 Å². The number of nitrogen functional groups attached to an aromatic ring is 1. The number of aromatic nitrogens is 2. The number of anilines is 1. The van der Waals surface area contributed by atoms with Crippen molar-refractivity contribution in [2.75, 3.05) is 19.4 Å². The molecule has 3 amide bonds. The van der Waals surface area contributed by atoms with Gasteiger partial charge in [-0.1, -0.05) is 23.0 Å². The fraction of sp³-hybridized carbons (Fsp3) is 0.208. The number of nitrogens with two attached hydrogens (primary N) is 1. The SMILES string of the molecule is COc1ccc2c(c1)C(=O)N(C[C@@]1(C#Cc3ccc(-c4nnc(N)o4)cc3)CC(=O)NC1=O)C2. The molecule has 0 spiro atoms. The molecular formula is C24H19N5O5. The molecule has 0 unspecified atom stereocenters. The third-order valence-corrected chi connectivity index (χ3v) is 5.83. The molecule has 2 aliphatic rings. The molecular weight excluding hydrogens is 438 g/mol. The number of imide groups is 1. The van der Waals surface area contributed by atoms with E-state index in [1.165, 1.54) is 7.11 Å². The summed E-state index contributed by atoms with van der Waals surface area (Å²) in [5.74, 6) is 5.64. The molecule has 10 nitrogen and oxygen atoms in total. The van der Waals surface area contributed by atoms with E-state index in [0.717, 1.165) is 5.56 Å². The van der Waals surface area contributed by atoms with Crippen molar-refractivity contribution in [2.45, 2.75) is 13.0 Å². The number of ether oxygens (including phenoxy) is 1. The van der Waals surface area contributed by atoms with Crippen molar-refractivity contribution < 1.29 is 23.5 Å². The minimum Gasteiger partial charge on any atom is -0.497 e. The highest BCUT2D eigenvalue weighted by Crippen LogP contribution is 2.33. The number of methoxy groups -OCH3 is 1. The maximum absolute atomic E-state index is 13.0. The predicted octanol–water partition coefficient (Wildman–Crippen LogP) is 1.37. The van der Waals surface area contributed by atoms with Crippen LogP contribution >= 0.6 is 0 Å². The number of benzene rings is 2. The standard InChI is InChI=1S/C24H19N5O5/c1-33-17-7-6-16-12-29(21(31)18(16)10-17)13-24(11-19(30)26-22(24)32)9-8-14-2-4-15(5-3-14)20-27-28-23(25)34-20/h2-7,10H,11-13H2,1H3,(H2,25,28)(H,26,30,32)/t24-/m1/s1. The van der Waals surface area contributed by atoms with Gasteiger partial charge in [0.15, 0.2) is 0 Å². The number of hydrogen-bond donors (Lipinski definition) is 2. The van der Waals surface area contributed by atoms with Crippen LogP contribution in [0.2, 0.25) is 0 Å². The lowest BCUT2D eigenvalue weighted by atomic mass is 9.85. The largest absolute Gasteiger partial charge is 0.497 e. The van der Waals surface area contributed by atoms with Crippen LogP contribution in [0.25, 0.3) is 11.5 Å². The van der Waals surface area contributed by atoms with E-state index in [-0.39, 0.29) is 30.8 Å². The maximum atomic E-state index is 13.0. The van der Waals surface area contributed by atoms with Crippen molar-refractivity contribution in [3.8, 4) is 29.0 Å². The molecule has 2 aromatic carbocycles. The van der Waals surface area contributed by atoms with E-state index in [9.17, 15) is 14.4 Å². The average Bonchev–Trinajstić information content (AvgIpc) is 3.48. The minimum absolute atomic E-state index is 0.00720. The van der Waals surface area contributed by atoms with Crippen molar-refractivity contribution in [2.24, 2.45) is 5.41 Å². The lowest BCUT2D eigenvalue weighted by molar-refractivity contribution is -0.127. The van der Waals surface area contributed by atoms with E-state index in [2.05, 4.69) is 27.4 Å². The zero-order chi connectivity index (χ0) is 23.9. The van der Waals surface area contributed by atoms with Crippen LogP contribution in [-0.2, 0) is 16.1 Å². The number of nitrogens with zero attached hydrogens (tertiary/aromatic N) is 3. The summed E-state index contributed by atoms with van der Waals surface area (Å²) in [4.78, 5) is 39.4. The van der Waals surface area contributed by atoms with Crippen molar-refractivity contribution >= 4 is 23.7 Å². The highest BCUT2D eigenvalue weighted by molar-refractivity contribution is 6.08. The zero-order valence-corrected chi connectivity index (χ0v) is 18.1. The fourth-order valence-electron chi connectivity index (χ4n) is 4.07. The third kappa shape index (κ3) is 3.73. The predicted molar refractivity (Wildman–Crippen MR) is 119 cm³/mol. The van der Waals surface area contributed by atoms with Gasteiger partial charge in [0.25, 0.3) is 5.91 Å². The summed E-state index contributed by atoms with van der Waals surface area (Å²) >= 11 is 0. The Kier molecular flexibility index (Phi) is 5.02. The molecule has 1 atom stereocenters. The van der Waals surface area contributed by atoms with Gasteiger partial charge in [0.1, 0.15) is 11.2 Å². The molecule has 0 aliphatic carbocycles. The van der Waals surface area contributed by atoms with Crippen molar-refractivity contribution in [1.82, 2.24) is 20.4 Å². The summed E-state index contributed by atoms with van der Waals surface area (Å²) in [6.45, 7) is 0.317. The van der Waals surface area contributed by atoms with Crippen molar-refractivity contribution in [3.63, 3.8) is 0 Å². The van der Waals surface area contributed by atoms with Gasteiger partial charge in [-0.2, -0.15) is 0 Å². The number of carbonyl (C=O) groups is 3. The first-order chi connectivity index (χ1) is 16.4. The lowest BCUT2D eigenvalue weighted by Gasteiger charge is -2.25. The summed E-state index contributed by atoms with van der Waals surface area (Å²) in [7, 11) is 1.53. The lowest BCUT2D eigenvalue weighted by Crippen LogP contribution is -2.42. The Morgan fingerprint density at radius 1 is 1.18 bits per heavy atom. The number of carbonyl (C=O) groups excluding carboxylic acids is 3. The summed E-state index contributed by atoms with van der Waals surface area (Å²) in [6.07, 6.45) is -0.123. The minimum atomic E-state index is -1.35. The van der Waals surface area contributed by atoms with Crippen LogP contribution in [0, 0.1) is 17.3 Å². The molecule has 5 rings (SSSR count). The van der Waals surface area contributed by atoms with E-state index in [0.29, 0.717) is 29.0 Å². The quantitative estimate of drug-likeness (QED) is 0.442. The molecule has 3 heterocycles. The molecule has 34 heavy (non-hydrogen) atoms. The smallest absolute Gasteiger partial charge is 0.313 e. The monoisotopic (exact) mass is 457 g/mol. The fourth-order valence-corrected chi connectivity index (χ4v) is 4.07. The number of nitrogens with one attached hydrogen (secondary N) is 1.